The largest absolute Gasteiger partial charge is 0.496 e. The molecule has 0 amide bonds. The molecule has 1 N–H and O–H groups in total. The van der Waals surface area contributed by atoms with Crippen molar-refractivity contribution < 1.29 is 23.8 Å². The molecule has 110 valence electrons. The second-order valence-electron chi connectivity index (χ2n) is 4.20. The topological polar surface area (TPSA) is 55.8 Å². The molecule has 0 fully saturated rings. The molecule has 0 saturated heterocycles. The van der Waals surface area contributed by atoms with E-state index in [9.17, 15) is 9.18 Å². The van der Waals surface area contributed by atoms with Crippen molar-refractivity contribution in [3.8, 4) is 11.5 Å². The highest BCUT2D eigenvalue weighted by atomic mass is 79.9. The van der Waals surface area contributed by atoms with Crippen molar-refractivity contribution in [3.05, 3.63) is 57.8 Å². The van der Waals surface area contributed by atoms with Gasteiger partial charge in [-0.15, -0.1) is 0 Å². The van der Waals surface area contributed by atoms with Crippen LogP contribution in [0.4, 0.5) is 4.39 Å². The van der Waals surface area contributed by atoms with Crippen LogP contribution in [-0.2, 0) is 6.61 Å². The quantitative estimate of drug-likeness (QED) is 0.885. The van der Waals surface area contributed by atoms with Gasteiger partial charge in [-0.2, -0.15) is 0 Å². The molecule has 21 heavy (non-hydrogen) atoms. The van der Waals surface area contributed by atoms with Gasteiger partial charge < -0.3 is 14.6 Å². The molecule has 2 aromatic carbocycles. The molecule has 0 aliphatic carbocycles. The standard InChI is InChI=1S/C15H12BrFO4/c1-20-14-4-2-9(6-12(14)16)8-21-13-5-3-10(17)7-11(13)15(18)19/h2-7H,8H2,1H3,(H,18,19). The third-order valence-electron chi connectivity index (χ3n) is 2.78. The SMILES string of the molecule is COc1ccc(COc2ccc(F)cc2C(=O)O)cc1Br. The number of benzene rings is 2. The van der Waals surface area contributed by atoms with E-state index in [1.165, 1.54) is 6.07 Å². The van der Waals surface area contributed by atoms with Gasteiger partial charge in [-0.25, -0.2) is 9.18 Å². The first-order chi connectivity index (χ1) is 10.0. The summed E-state index contributed by atoms with van der Waals surface area (Å²) in [5, 5.41) is 9.03. The average Bonchev–Trinajstić information content (AvgIpc) is 2.46. The van der Waals surface area contributed by atoms with E-state index < -0.39 is 11.8 Å². The second kappa shape index (κ2) is 6.58. The second-order valence-corrected chi connectivity index (χ2v) is 5.06. The van der Waals surface area contributed by atoms with Crippen molar-refractivity contribution in [2.75, 3.05) is 7.11 Å². The van der Waals surface area contributed by atoms with E-state index in [0.29, 0.717) is 5.75 Å². The first-order valence-electron chi connectivity index (χ1n) is 5.99. The maximum atomic E-state index is 13.1. The number of rotatable bonds is 5. The minimum absolute atomic E-state index is 0.121. The van der Waals surface area contributed by atoms with Gasteiger partial charge in [0.1, 0.15) is 29.5 Å². The summed E-state index contributed by atoms with van der Waals surface area (Å²) in [7, 11) is 1.56. The summed E-state index contributed by atoms with van der Waals surface area (Å²) in [6.45, 7) is 0.161. The fourth-order valence-corrected chi connectivity index (χ4v) is 2.34. The molecule has 2 aromatic rings. The lowest BCUT2D eigenvalue weighted by Crippen LogP contribution is -2.04. The summed E-state index contributed by atoms with van der Waals surface area (Å²) >= 11 is 3.36. The normalized spacial score (nSPS) is 10.2. The Morgan fingerprint density at radius 2 is 1.95 bits per heavy atom. The van der Waals surface area contributed by atoms with Crippen molar-refractivity contribution in [3.63, 3.8) is 0 Å². The van der Waals surface area contributed by atoms with Crippen LogP contribution in [0.3, 0.4) is 0 Å². The highest BCUT2D eigenvalue weighted by molar-refractivity contribution is 9.10. The number of carboxylic acids is 1. The highest BCUT2D eigenvalue weighted by Crippen LogP contribution is 2.27. The Hall–Kier alpha value is -2.08. The van der Waals surface area contributed by atoms with Gasteiger partial charge in [0.15, 0.2) is 0 Å². The van der Waals surface area contributed by atoms with Crippen molar-refractivity contribution in [1.29, 1.82) is 0 Å². The molecule has 0 unspecified atom stereocenters. The lowest BCUT2D eigenvalue weighted by atomic mass is 10.2. The number of aromatic carboxylic acids is 1. The Balaban J connectivity index is 2.16. The number of carbonyl (C=O) groups is 1. The maximum Gasteiger partial charge on any atom is 0.339 e. The molecule has 0 bridgehead atoms. The molecule has 6 heteroatoms. The maximum absolute atomic E-state index is 13.1. The fraction of sp³-hybridized carbons (Fsp3) is 0.133. The molecule has 0 radical (unpaired) electrons. The molecule has 0 aromatic heterocycles. The van der Waals surface area contributed by atoms with Crippen LogP contribution >= 0.6 is 15.9 Å². The summed E-state index contributed by atoms with van der Waals surface area (Å²) in [4.78, 5) is 11.1. The van der Waals surface area contributed by atoms with Gasteiger partial charge in [0, 0.05) is 0 Å². The third-order valence-corrected chi connectivity index (χ3v) is 3.40. The lowest BCUT2D eigenvalue weighted by molar-refractivity contribution is 0.0691. The summed E-state index contributed by atoms with van der Waals surface area (Å²) in [5.41, 5.74) is 0.617. The first kappa shape index (κ1) is 15.3. The summed E-state index contributed by atoms with van der Waals surface area (Å²) in [6.07, 6.45) is 0. The number of hydrogen-bond acceptors (Lipinski definition) is 3. The summed E-state index contributed by atoms with van der Waals surface area (Å²) in [6, 6.07) is 8.77. The smallest absolute Gasteiger partial charge is 0.339 e. The number of carboxylic acid groups (broad SMARTS) is 1. The van der Waals surface area contributed by atoms with Crippen LogP contribution in [0.5, 0.6) is 11.5 Å². The molecule has 0 heterocycles. The van der Waals surface area contributed by atoms with Gasteiger partial charge >= 0.3 is 5.97 Å². The zero-order valence-corrected chi connectivity index (χ0v) is 12.7. The number of methoxy groups -OCH3 is 1. The van der Waals surface area contributed by atoms with Crippen LogP contribution in [0.25, 0.3) is 0 Å². The Bertz CT molecular complexity index is 673. The zero-order valence-electron chi connectivity index (χ0n) is 11.1. The van der Waals surface area contributed by atoms with Crippen LogP contribution < -0.4 is 9.47 Å². The van der Waals surface area contributed by atoms with Gasteiger partial charge in [0.05, 0.1) is 11.6 Å². The number of hydrogen-bond donors (Lipinski definition) is 1. The molecular weight excluding hydrogens is 343 g/mol. The Kier molecular flexibility index (Phi) is 4.80. The van der Waals surface area contributed by atoms with Gasteiger partial charge in [-0.3, -0.25) is 0 Å². The summed E-state index contributed by atoms with van der Waals surface area (Å²) < 4.78 is 24.4. The average molecular weight is 355 g/mol. The van der Waals surface area contributed by atoms with Crippen LogP contribution in [0.15, 0.2) is 40.9 Å². The Morgan fingerprint density at radius 3 is 2.57 bits per heavy atom. The van der Waals surface area contributed by atoms with Crippen LogP contribution in [0, 0.1) is 5.82 Å². The summed E-state index contributed by atoms with van der Waals surface area (Å²) in [5.74, 6) is -1.05. The van der Waals surface area contributed by atoms with Crippen molar-refractivity contribution in [1.82, 2.24) is 0 Å². The van der Waals surface area contributed by atoms with E-state index in [1.54, 1.807) is 19.2 Å². The molecule has 4 nitrogen and oxygen atoms in total. The van der Waals surface area contributed by atoms with Crippen LogP contribution in [-0.4, -0.2) is 18.2 Å². The lowest BCUT2D eigenvalue weighted by Gasteiger charge is -2.10. The molecule has 0 aliphatic heterocycles. The number of ether oxygens (including phenoxy) is 2. The van der Waals surface area contributed by atoms with Gasteiger partial charge in [-0.1, -0.05) is 6.07 Å². The number of halogens is 2. The van der Waals surface area contributed by atoms with Gasteiger partial charge in [0.2, 0.25) is 0 Å². The van der Waals surface area contributed by atoms with Gasteiger partial charge in [-0.05, 0) is 51.8 Å². The van der Waals surface area contributed by atoms with Gasteiger partial charge in [0.25, 0.3) is 0 Å². The predicted octanol–water partition coefficient (Wildman–Crippen LogP) is 3.87. The fourth-order valence-electron chi connectivity index (χ4n) is 1.76. The van der Waals surface area contributed by atoms with E-state index in [2.05, 4.69) is 15.9 Å². The molecule has 0 saturated carbocycles. The van der Waals surface area contributed by atoms with E-state index in [0.717, 1.165) is 22.2 Å². The molecular formula is C15H12BrFO4. The Labute approximate surface area is 129 Å². The molecule has 0 atom stereocenters. The van der Waals surface area contributed by atoms with Crippen molar-refractivity contribution in [2.45, 2.75) is 6.61 Å². The minimum Gasteiger partial charge on any atom is -0.496 e. The Morgan fingerprint density at radius 1 is 1.24 bits per heavy atom. The van der Waals surface area contributed by atoms with Crippen molar-refractivity contribution in [2.24, 2.45) is 0 Å². The van der Waals surface area contributed by atoms with E-state index in [-0.39, 0.29) is 17.9 Å². The van der Waals surface area contributed by atoms with E-state index in [4.69, 9.17) is 14.6 Å². The van der Waals surface area contributed by atoms with Crippen molar-refractivity contribution >= 4 is 21.9 Å². The molecule has 2 rings (SSSR count). The monoisotopic (exact) mass is 354 g/mol. The van der Waals surface area contributed by atoms with Crippen LogP contribution in [0.2, 0.25) is 0 Å². The first-order valence-corrected chi connectivity index (χ1v) is 6.78. The molecule has 0 aliphatic rings. The zero-order chi connectivity index (χ0) is 15.4. The highest BCUT2D eigenvalue weighted by Gasteiger charge is 2.13. The third kappa shape index (κ3) is 3.72. The van der Waals surface area contributed by atoms with E-state index in [1.807, 2.05) is 6.07 Å². The molecule has 0 spiro atoms. The minimum atomic E-state index is -1.24. The predicted molar refractivity (Wildman–Crippen MR) is 78.4 cm³/mol. The van der Waals surface area contributed by atoms with E-state index >= 15 is 0 Å². The van der Waals surface area contributed by atoms with Crippen LogP contribution in [0.1, 0.15) is 15.9 Å².